The first kappa shape index (κ1) is 51.9. The number of nitrogens with zero attached hydrogens (tertiary/aromatic N) is 2. The minimum absolute atomic E-state index is 0.149. The molecule has 0 saturated heterocycles. The molecule has 2 fully saturated rings. The predicted octanol–water partition coefficient (Wildman–Crippen LogP) is 16.8. The first-order valence-corrected chi connectivity index (χ1v) is 26.4. The van der Waals surface area contributed by atoms with E-state index in [9.17, 15) is 9.59 Å². The molecule has 0 aliphatic heterocycles. The highest BCUT2D eigenvalue weighted by Gasteiger charge is 2.33. The van der Waals surface area contributed by atoms with E-state index in [1.807, 2.05) is 0 Å². The lowest BCUT2D eigenvalue weighted by atomic mass is 9.89. The van der Waals surface area contributed by atoms with Crippen molar-refractivity contribution in [3.63, 3.8) is 0 Å². The van der Waals surface area contributed by atoms with Crippen LogP contribution in [0, 0.1) is 0 Å². The fourth-order valence-corrected chi connectivity index (χ4v) is 9.84. The Labute approximate surface area is 356 Å². The Morgan fingerprint density at radius 1 is 0.404 bits per heavy atom. The highest BCUT2D eigenvalue weighted by Crippen LogP contribution is 2.31. The molecule has 2 aliphatic carbocycles. The number of amides is 2. The third-order valence-corrected chi connectivity index (χ3v) is 13.6. The van der Waals surface area contributed by atoms with E-state index in [2.05, 4.69) is 23.6 Å². The third kappa shape index (κ3) is 28.8. The van der Waals surface area contributed by atoms with Crippen molar-refractivity contribution in [3.8, 4) is 0 Å². The van der Waals surface area contributed by atoms with Crippen LogP contribution in [0.15, 0.2) is 0 Å². The van der Waals surface area contributed by atoms with Crippen LogP contribution in [0.4, 0.5) is 4.79 Å². The molecule has 0 atom stereocenters. The number of rotatable bonds is 39. The summed E-state index contributed by atoms with van der Waals surface area (Å²) in [4.78, 5) is 31.4. The van der Waals surface area contributed by atoms with Crippen LogP contribution in [-0.4, -0.2) is 53.6 Å². The van der Waals surface area contributed by atoms with Gasteiger partial charge in [-0.3, -0.25) is 4.79 Å². The maximum absolute atomic E-state index is 13.6. The van der Waals surface area contributed by atoms with E-state index < -0.39 is 0 Å². The molecule has 5 nitrogen and oxygen atoms in total. The van der Waals surface area contributed by atoms with E-state index >= 15 is 0 Å². The lowest BCUT2D eigenvalue weighted by molar-refractivity contribution is -0.132. The predicted molar refractivity (Wildman–Crippen MR) is 247 cm³/mol. The first-order chi connectivity index (χ1) is 28.2. The van der Waals surface area contributed by atoms with E-state index in [1.54, 1.807) is 0 Å². The van der Waals surface area contributed by atoms with Crippen LogP contribution >= 0.6 is 0 Å². The quantitative estimate of drug-likeness (QED) is 0.0582. The summed E-state index contributed by atoms with van der Waals surface area (Å²) < 4.78 is 5.94. The topological polar surface area (TPSA) is 49.9 Å². The number of hydrogen-bond donors (Lipinski definition) is 0. The summed E-state index contributed by atoms with van der Waals surface area (Å²) in [7, 11) is 0. The summed E-state index contributed by atoms with van der Waals surface area (Å²) in [6.07, 6.45) is 55.8. The molecule has 5 heteroatoms. The van der Waals surface area contributed by atoms with Gasteiger partial charge in [0.1, 0.15) is 6.61 Å². The molecule has 2 aliphatic rings. The summed E-state index contributed by atoms with van der Waals surface area (Å²) in [6.45, 7) is 6.54. The van der Waals surface area contributed by atoms with Crippen molar-refractivity contribution in [1.82, 2.24) is 9.80 Å². The number of carbonyl (C=O) groups is 2. The zero-order chi connectivity index (χ0) is 40.7. The molecule has 0 unspecified atom stereocenters. The van der Waals surface area contributed by atoms with Crippen molar-refractivity contribution >= 4 is 12.0 Å². The van der Waals surface area contributed by atoms with Gasteiger partial charge in [-0.1, -0.05) is 245 Å². The molecule has 0 bridgehead atoms. The highest BCUT2D eigenvalue weighted by atomic mass is 16.6. The third-order valence-electron chi connectivity index (χ3n) is 13.6. The van der Waals surface area contributed by atoms with Crippen molar-refractivity contribution in [2.24, 2.45) is 0 Å². The van der Waals surface area contributed by atoms with Crippen molar-refractivity contribution in [2.75, 3.05) is 19.7 Å². The molecule has 2 saturated carbocycles. The Hall–Kier alpha value is -1.26. The van der Waals surface area contributed by atoms with Crippen LogP contribution in [0.2, 0.25) is 0 Å². The molecule has 0 heterocycles. The normalized spacial score (nSPS) is 15.3. The Bertz CT molecular complexity index is 829. The molecular formula is C52H100N2O3. The Balaban J connectivity index is 1.65. The molecule has 57 heavy (non-hydrogen) atoms. The van der Waals surface area contributed by atoms with Gasteiger partial charge in [-0.25, -0.2) is 4.79 Å². The van der Waals surface area contributed by atoms with E-state index in [-0.39, 0.29) is 18.6 Å². The van der Waals surface area contributed by atoms with Gasteiger partial charge < -0.3 is 14.5 Å². The summed E-state index contributed by atoms with van der Waals surface area (Å²) in [5.74, 6) is 0.187. The van der Waals surface area contributed by atoms with Crippen molar-refractivity contribution in [3.05, 3.63) is 0 Å². The fourth-order valence-electron chi connectivity index (χ4n) is 9.84. The van der Waals surface area contributed by atoms with Gasteiger partial charge in [0, 0.05) is 25.2 Å². The van der Waals surface area contributed by atoms with E-state index in [1.165, 1.54) is 231 Å². The number of unbranched alkanes of at least 4 members (excludes halogenated alkanes) is 30. The van der Waals surface area contributed by atoms with Gasteiger partial charge in [-0.15, -0.1) is 0 Å². The average molecular weight is 801 g/mol. The Kier molecular flexibility index (Phi) is 35.4. The summed E-state index contributed by atoms with van der Waals surface area (Å²) in [6, 6.07) is 0.651. The SMILES string of the molecule is CCCCCCCCCCCCCCCCCCN(CCCCCCCCCCCCCCCCCC)C(=O)CCOC(=O)N(C1CCCCC1)C1CCCCC1. The summed E-state index contributed by atoms with van der Waals surface area (Å²) >= 11 is 0. The number of ether oxygens (including phenoxy) is 1. The van der Waals surface area contributed by atoms with Crippen LogP contribution in [0.5, 0.6) is 0 Å². The Morgan fingerprint density at radius 3 is 0.982 bits per heavy atom. The molecule has 0 aromatic rings. The second kappa shape index (κ2) is 38.9. The maximum atomic E-state index is 13.6. The lowest BCUT2D eigenvalue weighted by Crippen LogP contribution is -2.49. The minimum atomic E-state index is -0.149. The molecule has 0 aromatic carbocycles. The minimum Gasteiger partial charge on any atom is -0.449 e. The molecule has 336 valence electrons. The summed E-state index contributed by atoms with van der Waals surface area (Å²) in [5, 5.41) is 0. The smallest absolute Gasteiger partial charge is 0.410 e. The fraction of sp³-hybridized carbons (Fsp3) is 0.962. The van der Waals surface area contributed by atoms with Gasteiger partial charge >= 0.3 is 6.09 Å². The lowest BCUT2D eigenvalue weighted by Gasteiger charge is -2.40. The van der Waals surface area contributed by atoms with Gasteiger partial charge in [0.2, 0.25) is 5.91 Å². The molecule has 0 spiro atoms. The second-order valence-electron chi connectivity index (χ2n) is 18.8. The van der Waals surface area contributed by atoms with Gasteiger partial charge in [-0.05, 0) is 38.5 Å². The molecule has 0 aromatic heterocycles. The number of carbonyl (C=O) groups excluding carboxylic acids is 2. The molecule has 2 rings (SSSR count). The van der Waals surface area contributed by atoms with E-state index in [0.717, 1.165) is 51.6 Å². The van der Waals surface area contributed by atoms with Crippen LogP contribution in [-0.2, 0) is 9.53 Å². The molecule has 2 amide bonds. The van der Waals surface area contributed by atoms with Gasteiger partial charge in [0.15, 0.2) is 0 Å². The highest BCUT2D eigenvalue weighted by molar-refractivity contribution is 5.76. The van der Waals surface area contributed by atoms with Gasteiger partial charge in [0.25, 0.3) is 0 Å². The zero-order valence-electron chi connectivity index (χ0n) is 38.8. The molecule has 0 radical (unpaired) electrons. The van der Waals surface area contributed by atoms with Crippen LogP contribution < -0.4 is 0 Å². The van der Waals surface area contributed by atoms with Gasteiger partial charge in [0.05, 0.1) is 6.42 Å². The molecular weight excluding hydrogens is 701 g/mol. The van der Waals surface area contributed by atoms with Crippen molar-refractivity contribution in [1.29, 1.82) is 0 Å². The Morgan fingerprint density at radius 2 is 0.684 bits per heavy atom. The zero-order valence-corrected chi connectivity index (χ0v) is 38.8. The first-order valence-electron chi connectivity index (χ1n) is 26.4. The van der Waals surface area contributed by atoms with Crippen LogP contribution in [0.25, 0.3) is 0 Å². The van der Waals surface area contributed by atoms with Crippen LogP contribution in [0.3, 0.4) is 0 Å². The van der Waals surface area contributed by atoms with E-state index in [4.69, 9.17) is 4.74 Å². The molecule has 0 N–H and O–H groups in total. The maximum Gasteiger partial charge on any atom is 0.410 e. The van der Waals surface area contributed by atoms with Crippen molar-refractivity contribution in [2.45, 2.75) is 302 Å². The monoisotopic (exact) mass is 801 g/mol. The van der Waals surface area contributed by atoms with Gasteiger partial charge in [-0.2, -0.15) is 0 Å². The average Bonchev–Trinajstić information content (AvgIpc) is 3.23. The van der Waals surface area contributed by atoms with Crippen molar-refractivity contribution < 1.29 is 14.3 Å². The van der Waals surface area contributed by atoms with E-state index in [0.29, 0.717) is 18.5 Å². The van der Waals surface area contributed by atoms with Crippen LogP contribution in [0.1, 0.15) is 290 Å². The second-order valence-corrected chi connectivity index (χ2v) is 18.8. The largest absolute Gasteiger partial charge is 0.449 e. The summed E-state index contributed by atoms with van der Waals surface area (Å²) in [5.41, 5.74) is 0. The standard InChI is InChI=1S/C52H100N2O3/c1-3-5-7-9-11-13-15-17-19-21-23-25-27-29-31-39-46-53(47-40-32-30-28-26-24-22-20-18-16-14-12-10-8-6-4-2)51(55)45-48-57-52(56)54(49-41-35-33-36-42-49)50-43-37-34-38-44-50/h49-50H,3-48H2,1-2H3. The number of hydrogen-bond acceptors (Lipinski definition) is 3.